The van der Waals surface area contributed by atoms with Gasteiger partial charge in [0.1, 0.15) is 0 Å². The summed E-state index contributed by atoms with van der Waals surface area (Å²) in [5.74, 6) is 0. The molecule has 0 aliphatic rings. The van der Waals surface area contributed by atoms with Gasteiger partial charge >= 0.3 is 0 Å². The number of ether oxygens (including phenoxy) is 1. The van der Waals surface area contributed by atoms with Gasteiger partial charge in [-0.05, 0) is 19.3 Å². The molecule has 0 aliphatic carbocycles. The molecule has 0 aromatic rings. The van der Waals surface area contributed by atoms with Gasteiger partial charge in [-0.25, -0.2) is 0 Å². The Hall–Kier alpha value is -0.120. The van der Waals surface area contributed by atoms with Crippen LogP contribution in [0, 0.1) is 0 Å². The van der Waals surface area contributed by atoms with Gasteiger partial charge < -0.3 is 15.6 Å². The SMILES string of the molecule is COCCCCC(N)CO. The number of aliphatic hydroxyl groups is 1. The number of hydrogen-bond acceptors (Lipinski definition) is 3. The monoisotopic (exact) mass is 147 g/mol. The first-order valence-electron chi connectivity index (χ1n) is 3.66. The van der Waals surface area contributed by atoms with Gasteiger partial charge in [-0.15, -0.1) is 0 Å². The first-order valence-corrected chi connectivity index (χ1v) is 3.66. The summed E-state index contributed by atoms with van der Waals surface area (Å²) in [6, 6.07) is -0.0446. The number of aliphatic hydroxyl groups excluding tert-OH is 1. The predicted molar refractivity (Wildman–Crippen MR) is 40.8 cm³/mol. The van der Waals surface area contributed by atoms with Crippen molar-refractivity contribution in [3.63, 3.8) is 0 Å². The molecule has 0 heterocycles. The van der Waals surface area contributed by atoms with Crippen LogP contribution in [0.5, 0.6) is 0 Å². The molecule has 1 atom stereocenters. The molecule has 0 aromatic carbocycles. The molecule has 0 saturated carbocycles. The first kappa shape index (κ1) is 9.88. The molecular weight excluding hydrogens is 130 g/mol. The highest BCUT2D eigenvalue weighted by Gasteiger charge is 1.98. The molecule has 0 saturated heterocycles. The van der Waals surface area contributed by atoms with E-state index in [1.165, 1.54) is 0 Å². The van der Waals surface area contributed by atoms with Crippen LogP contribution < -0.4 is 5.73 Å². The largest absolute Gasteiger partial charge is 0.395 e. The average Bonchev–Trinajstić information content (AvgIpc) is 1.98. The normalized spacial score (nSPS) is 13.5. The zero-order chi connectivity index (χ0) is 7.82. The Morgan fingerprint density at radius 2 is 2.20 bits per heavy atom. The minimum Gasteiger partial charge on any atom is -0.395 e. The highest BCUT2D eigenvalue weighted by atomic mass is 16.5. The molecule has 0 rings (SSSR count). The van der Waals surface area contributed by atoms with Crippen LogP contribution in [0.3, 0.4) is 0 Å². The van der Waals surface area contributed by atoms with E-state index in [2.05, 4.69) is 0 Å². The standard InChI is InChI=1S/C7H17NO2/c1-10-5-3-2-4-7(8)6-9/h7,9H,2-6,8H2,1H3. The van der Waals surface area contributed by atoms with Crippen LogP contribution in [0.25, 0.3) is 0 Å². The average molecular weight is 147 g/mol. The van der Waals surface area contributed by atoms with Gasteiger partial charge in [0.25, 0.3) is 0 Å². The van der Waals surface area contributed by atoms with Crippen LogP contribution in [0.2, 0.25) is 0 Å². The van der Waals surface area contributed by atoms with Crippen LogP contribution in [0.4, 0.5) is 0 Å². The van der Waals surface area contributed by atoms with Crippen molar-refractivity contribution in [1.82, 2.24) is 0 Å². The Kier molecular flexibility index (Phi) is 6.91. The van der Waals surface area contributed by atoms with Crippen LogP contribution in [-0.4, -0.2) is 31.5 Å². The fourth-order valence-electron chi connectivity index (χ4n) is 0.744. The lowest BCUT2D eigenvalue weighted by atomic mass is 10.1. The van der Waals surface area contributed by atoms with Gasteiger partial charge in [0, 0.05) is 19.8 Å². The minimum atomic E-state index is -0.0446. The van der Waals surface area contributed by atoms with Crippen molar-refractivity contribution < 1.29 is 9.84 Å². The summed E-state index contributed by atoms with van der Waals surface area (Å²) < 4.78 is 4.85. The van der Waals surface area contributed by atoms with Crippen LogP contribution >= 0.6 is 0 Å². The van der Waals surface area contributed by atoms with E-state index in [1.807, 2.05) is 0 Å². The molecular formula is C7H17NO2. The van der Waals surface area contributed by atoms with E-state index >= 15 is 0 Å². The second kappa shape index (κ2) is 6.99. The Bertz CT molecular complexity index is 68.6. The molecule has 0 fully saturated rings. The van der Waals surface area contributed by atoms with Crippen molar-refractivity contribution in [2.24, 2.45) is 5.73 Å². The number of rotatable bonds is 6. The third-order valence-corrected chi connectivity index (χ3v) is 1.41. The van der Waals surface area contributed by atoms with Gasteiger partial charge in [-0.2, -0.15) is 0 Å². The van der Waals surface area contributed by atoms with Crippen LogP contribution in [0.1, 0.15) is 19.3 Å². The highest BCUT2D eigenvalue weighted by Crippen LogP contribution is 1.97. The molecule has 3 heteroatoms. The molecule has 3 N–H and O–H groups in total. The maximum Gasteiger partial charge on any atom is 0.0582 e. The lowest BCUT2D eigenvalue weighted by Crippen LogP contribution is -2.23. The lowest BCUT2D eigenvalue weighted by Gasteiger charge is -2.05. The van der Waals surface area contributed by atoms with Gasteiger partial charge in [0.2, 0.25) is 0 Å². The number of methoxy groups -OCH3 is 1. The third-order valence-electron chi connectivity index (χ3n) is 1.41. The van der Waals surface area contributed by atoms with Gasteiger partial charge in [0.05, 0.1) is 6.61 Å². The second-order valence-electron chi connectivity index (χ2n) is 2.43. The summed E-state index contributed by atoms with van der Waals surface area (Å²) in [6.07, 6.45) is 2.96. The summed E-state index contributed by atoms with van der Waals surface area (Å²) in [6.45, 7) is 0.880. The van der Waals surface area contributed by atoms with Crippen LogP contribution in [-0.2, 0) is 4.74 Å². The Morgan fingerprint density at radius 1 is 1.50 bits per heavy atom. The van der Waals surface area contributed by atoms with E-state index in [-0.39, 0.29) is 12.6 Å². The van der Waals surface area contributed by atoms with E-state index < -0.39 is 0 Å². The fraction of sp³-hybridized carbons (Fsp3) is 1.00. The first-order chi connectivity index (χ1) is 4.81. The molecule has 0 aromatic heterocycles. The molecule has 10 heavy (non-hydrogen) atoms. The van der Waals surface area contributed by atoms with Gasteiger partial charge in [-0.3, -0.25) is 0 Å². The molecule has 0 spiro atoms. The van der Waals surface area contributed by atoms with E-state index in [9.17, 15) is 0 Å². The van der Waals surface area contributed by atoms with Crippen molar-refractivity contribution in [3.05, 3.63) is 0 Å². The van der Waals surface area contributed by atoms with Crippen molar-refractivity contribution in [2.75, 3.05) is 20.3 Å². The Morgan fingerprint density at radius 3 is 2.70 bits per heavy atom. The predicted octanol–water partition coefficient (Wildman–Crippen LogP) is 0.123. The molecule has 0 bridgehead atoms. The molecule has 0 aliphatic heterocycles. The maximum absolute atomic E-state index is 8.54. The van der Waals surface area contributed by atoms with E-state index in [0.717, 1.165) is 25.9 Å². The quantitative estimate of drug-likeness (QED) is 0.525. The topological polar surface area (TPSA) is 55.5 Å². The summed E-state index contributed by atoms with van der Waals surface area (Å²) >= 11 is 0. The Balaban J connectivity index is 2.89. The summed E-state index contributed by atoms with van der Waals surface area (Å²) in [7, 11) is 1.69. The third kappa shape index (κ3) is 6.01. The summed E-state index contributed by atoms with van der Waals surface area (Å²) in [5, 5.41) is 8.54. The zero-order valence-electron chi connectivity index (χ0n) is 6.55. The zero-order valence-corrected chi connectivity index (χ0v) is 6.55. The van der Waals surface area contributed by atoms with E-state index in [0.29, 0.717) is 0 Å². The number of nitrogens with two attached hydrogens (primary N) is 1. The van der Waals surface area contributed by atoms with Crippen molar-refractivity contribution in [1.29, 1.82) is 0 Å². The molecule has 1 unspecified atom stereocenters. The summed E-state index contributed by atoms with van der Waals surface area (Å²) in [4.78, 5) is 0. The van der Waals surface area contributed by atoms with Crippen LogP contribution in [0.15, 0.2) is 0 Å². The van der Waals surface area contributed by atoms with E-state index in [4.69, 9.17) is 15.6 Å². The maximum atomic E-state index is 8.54. The highest BCUT2D eigenvalue weighted by molar-refractivity contribution is 4.57. The van der Waals surface area contributed by atoms with Gasteiger partial charge in [-0.1, -0.05) is 0 Å². The van der Waals surface area contributed by atoms with Crippen molar-refractivity contribution in [2.45, 2.75) is 25.3 Å². The molecule has 0 amide bonds. The lowest BCUT2D eigenvalue weighted by molar-refractivity contribution is 0.188. The Labute approximate surface area is 62.2 Å². The fourth-order valence-corrected chi connectivity index (χ4v) is 0.744. The van der Waals surface area contributed by atoms with E-state index in [1.54, 1.807) is 7.11 Å². The smallest absolute Gasteiger partial charge is 0.0582 e. The van der Waals surface area contributed by atoms with Gasteiger partial charge in [0.15, 0.2) is 0 Å². The molecule has 62 valence electrons. The number of hydrogen-bond donors (Lipinski definition) is 2. The molecule has 3 nitrogen and oxygen atoms in total. The molecule has 0 radical (unpaired) electrons. The second-order valence-corrected chi connectivity index (χ2v) is 2.43. The number of unbranched alkanes of at least 4 members (excludes halogenated alkanes) is 1. The van der Waals surface area contributed by atoms with Crippen molar-refractivity contribution in [3.8, 4) is 0 Å². The minimum absolute atomic E-state index is 0.0446. The summed E-state index contributed by atoms with van der Waals surface area (Å²) in [5.41, 5.74) is 5.46. The van der Waals surface area contributed by atoms with Crippen molar-refractivity contribution >= 4 is 0 Å².